The minimum atomic E-state index is 0.790. The molecule has 0 saturated heterocycles. The van der Waals surface area contributed by atoms with Crippen LogP contribution in [0.25, 0.3) is 27.5 Å². The summed E-state index contributed by atoms with van der Waals surface area (Å²) in [6.07, 6.45) is 0. The Morgan fingerprint density at radius 3 is 2.39 bits per heavy atom. The van der Waals surface area contributed by atoms with E-state index in [-0.39, 0.29) is 0 Å². The van der Waals surface area contributed by atoms with E-state index in [1.807, 2.05) is 41.9 Å². The number of aromatic nitrogens is 3. The van der Waals surface area contributed by atoms with Crippen molar-refractivity contribution in [3.05, 3.63) is 65.7 Å². The number of hydrogen-bond acceptors (Lipinski definition) is 3. The Morgan fingerprint density at radius 2 is 1.70 bits per heavy atom. The standard InChI is InChI=1S/C17H13N3S.C2H6/c1-12-10-14(13-6-3-2-4-7-13)11-16-18-17(19-20(12)16)15-8-5-9-21-15;1-2/h2-11H,1H3;1-2H3. The lowest BCUT2D eigenvalue weighted by Crippen LogP contribution is -1.94. The van der Waals surface area contributed by atoms with Gasteiger partial charge >= 0.3 is 0 Å². The van der Waals surface area contributed by atoms with Crippen LogP contribution < -0.4 is 0 Å². The molecule has 0 N–H and O–H groups in total. The number of aryl methyl sites for hydroxylation is 1. The lowest BCUT2D eigenvalue weighted by molar-refractivity contribution is 0.920. The molecule has 0 unspecified atom stereocenters. The van der Waals surface area contributed by atoms with Crippen LogP contribution in [0.1, 0.15) is 19.5 Å². The number of fused-ring (bicyclic) bond motifs is 1. The average Bonchev–Trinajstić information content (AvgIpc) is 3.27. The lowest BCUT2D eigenvalue weighted by Gasteiger charge is -2.04. The van der Waals surface area contributed by atoms with Gasteiger partial charge in [0, 0.05) is 5.69 Å². The second kappa shape index (κ2) is 6.75. The van der Waals surface area contributed by atoms with Crippen LogP contribution in [0.15, 0.2) is 60.0 Å². The maximum atomic E-state index is 4.66. The van der Waals surface area contributed by atoms with E-state index in [0.29, 0.717) is 0 Å². The third kappa shape index (κ3) is 3.03. The van der Waals surface area contributed by atoms with Crippen LogP contribution in [0.4, 0.5) is 0 Å². The first kappa shape index (κ1) is 15.4. The predicted octanol–water partition coefficient (Wildman–Crippen LogP) is 5.46. The molecule has 3 aromatic heterocycles. The van der Waals surface area contributed by atoms with Crippen molar-refractivity contribution in [2.75, 3.05) is 0 Å². The molecule has 0 aliphatic carbocycles. The Labute approximate surface area is 140 Å². The summed E-state index contributed by atoms with van der Waals surface area (Å²) < 4.78 is 1.90. The van der Waals surface area contributed by atoms with E-state index in [1.165, 1.54) is 11.1 Å². The zero-order valence-corrected chi connectivity index (χ0v) is 14.3. The molecule has 3 nitrogen and oxygen atoms in total. The first-order valence-electron chi connectivity index (χ1n) is 7.78. The highest BCUT2D eigenvalue weighted by atomic mass is 32.1. The molecule has 0 aliphatic heterocycles. The Bertz CT molecular complexity index is 893. The summed E-state index contributed by atoms with van der Waals surface area (Å²) in [5.74, 6) is 0.790. The van der Waals surface area contributed by atoms with Gasteiger partial charge in [0.25, 0.3) is 0 Å². The van der Waals surface area contributed by atoms with Crippen LogP contribution in [0.2, 0.25) is 0 Å². The number of nitrogens with zero attached hydrogens (tertiary/aromatic N) is 3. The summed E-state index contributed by atoms with van der Waals surface area (Å²) in [5.41, 5.74) is 4.34. The third-order valence-electron chi connectivity index (χ3n) is 3.46. The van der Waals surface area contributed by atoms with Crippen molar-refractivity contribution < 1.29 is 0 Å². The Hall–Kier alpha value is -2.46. The van der Waals surface area contributed by atoms with E-state index < -0.39 is 0 Å². The fourth-order valence-corrected chi connectivity index (χ4v) is 3.10. The molecule has 4 aromatic rings. The first-order chi connectivity index (χ1) is 11.3. The van der Waals surface area contributed by atoms with Gasteiger partial charge in [0.15, 0.2) is 11.5 Å². The molecule has 4 heteroatoms. The largest absolute Gasteiger partial charge is 0.218 e. The van der Waals surface area contributed by atoms with E-state index in [9.17, 15) is 0 Å². The Morgan fingerprint density at radius 1 is 0.913 bits per heavy atom. The molecule has 0 aliphatic rings. The second-order valence-electron chi connectivity index (χ2n) is 4.93. The molecule has 0 atom stereocenters. The fourth-order valence-electron chi connectivity index (χ4n) is 2.45. The summed E-state index contributed by atoms with van der Waals surface area (Å²) >= 11 is 1.66. The zero-order valence-electron chi connectivity index (χ0n) is 13.5. The number of thiophene rings is 1. The Balaban J connectivity index is 0.000000753. The van der Waals surface area contributed by atoms with Gasteiger partial charge in [-0.3, -0.25) is 0 Å². The fraction of sp³-hybridized carbons (Fsp3) is 0.158. The van der Waals surface area contributed by atoms with E-state index in [4.69, 9.17) is 0 Å². The van der Waals surface area contributed by atoms with Gasteiger partial charge in [0.2, 0.25) is 0 Å². The summed E-state index contributed by atoms with van der Waals surface area (Å²) in [5, 5.41) is 6.65. The van der Waals surface area contributed by atoms with Crippen LogP contribution in [-0.2, 0) is 0 Å². The zero-order chi connectivity index (χ0) is 16.2. The van der Waals surface area contributed by atoms with Gasteiger partial charge in [-0.15, -0.1) is 16.4 Å². The van der Waals surface area contributed by atoms with Crippen LogP contribution in [0.3, 0.4) is 0 Å². The topological polar surface area (TPSA) is 30.2 Å². The Kier molecular flexibility index (Phi) is 4.53. The summed E-state index contributed by atoms with van der Waals surface area (Å²) in [6, 6.07) is 18.7. The van der Waals surface area contributed by atoms with E-state index in [1.54, 1.807) is 11.3 Å². The number of benzene rings is 1. The van der Waals surface area contributed by atoms with Crippen LogP contribution in [0, 0.1) is 6.92 Å². The van der Waals surface area contributed by atoms with Gasteiger partial charge in [-0.25, -0.2) is 9.50 Å². The van der Waals surface area contributed by atoms with Gasteiger partial charge in [-0.1, -0.05) is 50.2 Å². The lowest BCUT2D eigenvalue weighted by atomic mass is 10.1. The molecular weight excluding hydrogens is 302 g/mol. The molecule has 4 rings (SSSR count). The summed E-state index contributed by atoms with van der Waals surface area (Å²) in [6.45, 7) is 6.06. The van der Waals surface area contributed by atoms with Gasteiger partial charge in [-0.05, 0) is 41.6 Å². The monoisotopic (exact) mass is 321 g/mol. The molecule has 0 radical (unpaired) electrons. The van der Waals surface area contributed by atoms with Crippen molar-refractivity contribution in [2.45, 2.75) is 20.8 Å². The molecule has 23 heavy (non-hydrogen) atoms. The van der Waals surface area contributed by atoms with Gasteiger partial charge < -0.3 is 0 Å². The van der Waals surface area contributed by atoms with Gasteiger partial charge in [-0.2, -0.15) is 0 Å². The number of hydrogen-bond donors (Lipinski definition) is 0. The molecule has 3 heterocycles. The molecule has 116 valence electrons. The van der Waals surface area contributed by atoms with Crippen molar-refractivity contribution in [3.8, 4) is 21.8 Å². The van der Waals surface area contributed by atoms with E-state index >= 15 is 0 Å². The van der Waals surface area contributed by atoms with E-state index in [2.05, 4.69) is 53.4 Å². The highest BCUT2D eigenvalue weighted by Crippen LogP contribution is 2.25. The minimum Gasteiger partial charge on any atom is -0.218 e. The molecule has 0 fully saturated rings. The maximum Gasteiger partial charge on any atom is 0.192 e. The SMILES string of the molecule is CC.Cc1cc(-c2ccccc2)cc2nc(-c3cccs3)nn12. The van der Waals surface area contributed by atoms with Gasteiger partial charge in [0.1, 0.15) is 0 Å². The molecule has 0 saturated carbocycles. The van der Waals surface area contributed by atoms with Crippen molar-refractivity contribution in [3.63, 3.8) is 0 Å². The van der Waals surface area contributed by atoms with Crippen molar-refractivity contribution in [1.29, 1.82) is 0 Å². The maximum absolute atomic E-state index is 4.66. The average molecular weight is 321 g/mol. The van der Waals surface area contributed by atoms with Crippen molar-refractivity contribution in [1.82, 2.24) is 14.6 Å². The van der Waals surface area contributed by atoms with Crippen molar-refractivity contribution in [2.24, 2.45) is 0 Å². The highest BCUT2D eigenvalue weighted by molar-refractivity contribution is 7.13. The third-order valence-corrected chi connectivity index (χ3v) is 4.33. The van der Waals surface area contributed by atoms with Gasteiger partial charge in [0.05, 0.1) is 4.88 Å². The van der Waals surface area contributed by atoms with Crippen LogP contribution in [0.5, 0.6) is 0 Å². The first-order valence-corrected chi connectivity index (χ1v) is 8.66. The molecule has 0 bridgehead atoms. The summed E-state index contributed by atoms with van der Waals surface area (Å²) in [7, 11) is 0. The number of rotatable bonds is 2. The quantitative estimate of drug-likeness (QED) is 0.491. The summed E-state index contributed by atoms with van der Waals surface area (Å²) in [4.78, 5) is 5.76. The smallest absolute Gasteiger partial charge is 0.192 e. The van der Waals surface area contributed by atoms with Crippen LogP contribution in [-0.4, -0.2) is 14.6 Å². The highest BCUT2D eigenvalue weighted by Gasteiger charge is 2.10. The molecule has 1 aromatic carbocycles. The molecular formula is C19H19N3S. The normalized spacial score (nSPS) is 10.4. The number of pyridine rings is 1. The van der Waals surface area contributed by atoms with Crippen molar-refractivity contribution >= 4 is 17.0 Å². The minimum absolute atomic E-state index is 0.790. The second-order valence-corrected chi connectivity index (χ2v) is 5.88. The van der Waals surface area contributed by atoms with E-state index in [0.717, 1.165) is 22.0 Å². The predicted molar refractivity (Wildman–Crippen MR) is 97.8 cm³/mol. The molecule has 0 spiro atoms. The van der Waals surface area contributed by atoms with Crippen LogP contribution >= 0.6 is 11.3 Å². The molecule has 0 amide bonds.